The number of aromatic amines is 1. The van der Waals surface area contributed by atoms with Crippen LogP contribution in [0.15, 0.2) is 30.3 Å². The molecule has 0 aliphatic carbocycles. The minimum atomic E-state index is -0.494. The van der Waals surface area contributed by atoms with Gasteiger partial charge >= 0.3 is 11.7 Å². The van der Waals surface area contributed by atoms with E-state index in [1.165, 1.54) is 0 Å². The molecule has 5 heteroatoms. The van der Waals surface area contributed by atoms with Gasteiger partial charge < -0.3 is 9.72 Å². The van der Waals surface area contributed by atoms with Crippen molar-refractivity contribution >= 4 is 11.7 Å². The van der Waals surface area contributed by atoms with Gasteiger partial charge in [0.1, 0.15) is 5.69 Å². The molecule has 0 bridgehead atoms. The standard InChI is InChI=1S/C14H13N3O2/c1-3-19-14(18)11-9(2)16-12(13(11)17-15)10-7-5-4-6-8-10/h4-8H,3H2,1-2H3/p+1. The summed E-state index contributed by atoms with van der Waals surface area (Å²) in [5.74, 6) is -0.494. The molecule has 1 aromatic carbocycles. The van der Waals surface area contributed by atoms with Gasteiger partial charge in [0, 0.05) is 11.3 Å². The maximum absolute atomic E-state index is 11.9. The monoisotopic (exact) mass is 256 g/mol. The van der Waals surface area contributed by atoms with Crippen LogP contribution in [0.3, 0.4) is 0 Å². The van der Waals surface area contributed by atoms with Crippen LogP contribution >= 0.6 is 0 Å². The first-order chi connectivity index (χ1) is 9.19. The fourth-order valence-electron chi connectivity index (χ4n) is 1.98. The van der Waals surface area contributed by atoms with E-state index < -0.39 is 5.97 Å². The molecule has 0 unspecified atom stereocenters. The molecule has 0 radical (unpaired) electrons. The SMILES string of the molecule is CCOC(=O)c1c(C)[nH]c(-c2ccccc2)c1[N+]#N. The first-order valence-electron chi connectivity index (χ1n) is 5.99. The van der Waals surface area contributed by atoms with Crippen LogP contribution in [0.4, 0.5) is 5.69 Å². The molecule has 19 heavy (non-hydrogen) atoms. The molecule has 0 atom stereocenters. The second-order valence-electron chi connectivity index (χ2n) is 4.04. The van der Waals surface area contributed by atoms with Crippen molar-refractivity contribution in [3.05, 3.63) is 46.6 Å². The Morgan fingerprint density at radius 1 is 1.37 bits per heavy atom. The predicted octanol–water partition coefficient (Wildman–Crippen LogP) is 3.65. The molecule has 5 nitrogen and oxygen atoms in total. The van der Waals surface area contributed by atoms with Gasteiger partial charge in [-0.25, -0.2) is 4.79 Å². The number of nitrogens with one attached hydrogen (secondary N) is 1. The Morgan fingerprint density at radius 2 is 2.05 bits per heavy atom. The van der Waals surface area contributed by atoms with Crippen molar-refractivity contribution in [1.29, 1.82) is 5.39 Å². The molecule has 1 aromatic heterocycles. The average molecular weight is 256 g/mol. The highest BCUT2D eigenvalue weighted by Crippen LogP contribution is 2.35. The Hall–Kier alpha value is -2.61. The van der Waals surface area contributed by atoms with Gasteiger partial charge in [-0.2, -0.15) is 0 Å². The molecule has 0 aliphatic rings. The van der Waals surface area contributed by atoms with E-state index in [9.17, 15) is 10.2 Å². The maximum atomic E-state index is 11.9. The second kappa shape index (κ2) is 5.36. The van der Waals surface area contributed by atoms with Gasteiger partial charge in [0.25, 0.3) is 0 Å². The summed E-state index contributed by atoms with van der Waals surface area (Å²) in [7, 11) is 0. The Balaban J connectivity index is 2.57. The number of hydrogen-bond acceptors (Lipinski definition) is 3. The van der Waals surface area contributed by atoms with Gasteiger partial charge in [-0.3, -0.25) is 0 Å². The van der Waals surface area contributed by atoms with E-state index in [0.717, 1.165) is 5.56 Å². The highest BCUT2D eigenvalue weighted by molar-refractivity contribution is 6.01. The van der Waals surface area contributed by atoms with E-state index >= 15 is 0 Å². The van der Waals surface area contributed by atoms with Gasteiger partial charge in [-0.05, 0) is 13.8 Å². The lowest BCUT2D eigenvalue weighted by atomic mass is 10.1. The lowest BCUT2D eigenvalue weighted by Gasteiger charge is -1.97. The Kier molecular flexibility index (Phi) is 3.62. The zero-order valence-corrected chi connectivity index (χ0v) is 10.8. The fourth-order valence-corrected chi connectivity index (χ4v) is 1.98. The van der Waals surface area contributed by atoms with Crippen LogP contribution in [-0.4, -0.2) is 17.6 Å². The quantitative estimate of drug-likeness (QED) is 0.673. The van der Waals surface area contributed by atoms with Crippen LogP contribution in [0.1, 0.15) is 23.0 Å². The zero-order chi connectivity index (χ0) is 13.8. The van der Waals surface area contributed by atoms with Gasteiger partial charge in [0.2, 0.25) is 5.39 Å². The lowest BCUT2D eigenvalue weighted by molar-refractivity contribution is 0.0527. The molecule has 1 N–H and O–H groups in total. The number of rotatable bonds is 3. The number of carbonyl (C=O) groups excluding carboxylic acids is 1. The number of ether oxygens (including phenoxy) is 1. The van der Waals surface area contributed by atoms with Gasteiger partial charge in [-0.1, -0.05) is 30.3 Å². The maximum Gasteiger partial charge on any atom is 0.424 e. The Bertz CT molecular complexity index is 639. The topological polar surface area (TPSA) is 70.2 Å². The normalized spacial score (nSPS) is 9.95. The van der Waals surface area contributed by atoms with Crippen molar-refractivity contribution in [3.8, 4) is 11.3 Å². The average Bonchev–Trinajstić information content (AvgIpc) is 2.76. The predicted molar refractivity (Wildman–Crippen MR) is 71.7 cm³/mol. The molecule has 0 fully saturated rings. The number of aryl methyl sites for hydroxylation is 1. The summed E-state index contributed by atoms with van der Waals surface area (Å²) in [6.45, 7) is 3.75. The highest BCUT2D eigenvalue weighted by Gasteiger charge is 2.32. The van der Waals surface area contributed by atoms with E-state index in [0.29, 0.717) is 11.4 Å². The van der Waals surface area contributed by atoms with E-state index in [1.54, 1.807) is 13.8 Å². The van der Waals surface area contributed by atoms with E-state index in [4.69, 9.17) is 4.74 Å². The molecule has 0 spiro atoms. The van der Waals surface area contributed by atoms with Gasteiger partial charge in [-0.15, -0.1) is 0 Å². The van der Waals surface area contributed by atoms with Crippen molar-refractivity contribution < 1.29 is 9.53 Å². The summed E-state index contributed by atoms with van der Waals surface area (Å²) in [5.41, 5.74) is 2.54. The first kappa shape index (κ1) is 12.8. The first-order valence-corrected chi connectivity index (χ1v) is 5.99. The molecule has 1 heterocycles. The number of carbonyl (C=O) groups is 1. The van der Waals surface area contributed by atoms with Crippen LogP contribution in [0, 0.1) is 12.3 Å². The van der Waals surface area contributed by atoms with Crippen molar-refractivity contribution in [2.45, 2.75) is 13.8 Å². The van der Waals surface area contributed by atoms with Crippen molar-refractivity contribution in [1.82, 2.24) is 4.98 Å². The fraction of sp³-hybridized carbons (Fsp3) is 0.214. The van der Waals surface area contributed by atoms with E-state index in [2.05, 4.69) is 9.96 Å². The summed E-state index contributed by atoms with van der Waals surface area (Å²) in [6, 6.07) is 9.37. The molecule has 2 rings (SSSR count). The van der Waals surface area contributed by atoms with Crippen molar-refractivity contribution in [3.63, 3.8) is 0 Å². The molecule has 2 aromatic rings. The smallest absolute Gasteiger partial charge is 0.424 e. The van der Waals surface area contributed by atoms with Gasteiger partial charge in [0.05, 0.1) is 6.61 Å². The third-order valence-corrected chi connectivity index (χ3v) is 2.80. The lowest BCUT2D eigenvalue weighted by Crippen LogP contribution is -2.05. The van der Waals surface area contributed by atoms with Crippen LogP contribution < -0.4 is 0 Å². The van der Waals surface area contributed by atoms with E-state index in [1.807, 2.05) is 30.3 Å². The number of benzene rings is 1. The molecule has 0 amide bonds. The molecule has 0 aliphatic heterocycles. The van der Waals surface area contributed by atoms with Crippen LogP contribution in [0.25, 0.3) is 16.2 Å². The van der Waals surface area contributed by atoms with Crippen molar-refractivity contribution in [2.75, 3.05) is 6.61 Å². The third-order valence-electron chi connectivity index (χ3n) is 2.80. The van der Waals surface area contributed by atoms with E-state index in [-0.39, 0.29) is 17.9 Å². The van der Waals surface area contributed by atoms with Crippen LogP contribution in [0.5, 0.6) is 0 Å². The van der Waals surface area contributed by atoms with Crippen molar-refractivity contribution in [2.24, 2.45) is 0 Å². The molecular formula is C14H14N3O2+. The third kappa shape index (κ3) is 2.33. The number of aromatic nitrogens is 1. The molecule has 96 valence electrons. The number of nitrogens with zero attached hydrogens (tertiary/aromatic N) is 2. The molecule has 0 saturated heterocycles. The summed E-state index contributed by atoms with van der Waals surface area (Å²) in [6.07, 6.45) is 0. The minimum Gasteiger partial charge on any atom is -0.462 e. The summed E-state index contributed by atoms with van der Waals surface area (Å²) in [4.78, 5) is 18.2. The molecular weight excluding hydrogens is 242 g/mol. The molecule has 0 saturated carbocycles. The summed E-state index contributed by atoms with van der Waals surface area (Å²) < 4.78 is 4.97. The van der Waals surface area contributed by atoms with Crippen LogP contribution in [0.2, 0.25) is 0 Å². The highest BCUT2D eigenvalue weighted by atomic mass is 16.5. The minimum absolute atomic E-state index is 0.210. The Morgan fingerprint density at radius 3 is 2.63 bits per heavy atom. The number of hydrogen-bond donors (Lipinski definition) is 1. The number of diazo groups is 1. The summed E-state index contributed by atoms with van der Waals surface area (Å²) in [5, 5.41) is 9.19. The summed E-state index contributed by atoms with van der Waals surface area (Å²) >= 11 is 0. The number of H-pyrrole nitrogens is 1. The Labute approximate surface area is 110 Å². The van der Waals surface area contributed by atoms with Gasteiger partial charge in [0.15, 0.2) is 10.5 Å². The van der Waals surface area contributed by atoms with Crippen LogP contribution in [-0.2, 0) is 4.74 Å². The number of esters is 1. The largest absolute Gasteiger partial charge is 0.462 e. The zero-order valence-electron chi connectivity index (χ0n) is 10.8. The second-order valence-corrected chi connectivity index (χ2v) is 4.04.